The van der Waals surface area contributed by atoms with Gasteiger partial charge in [-0.15, -0.1) is 0 Å². The van der Waals surface area contributed by atoms with E-state index in [2.05, 4.69) is 13.8 Å². The molecular weight excluding hydrogens is 404 g/mol. The highest BCUT2D eigenvalue weighted by Gasteiger charge is 2.01. The van der Waals surface area contributed by atoms with Crippen LogP contribution in [0.1, 0.15) is 123 Å². The van der Waals surface area contributed by atoms with Crippen molar-refractivity contribution in [1.82, 2.24) is 0 Å². The molecule has 0 aliphatic heterocycles. The van der Waals surface area contributed by atoms with Gasteiger partial charge in [-0.25, -0.2) is 0 Å². The molecule has 32 heavy (non-hydrogen) atoms. The van der Waals surface area contributed by atoms with Crippen molar-refractivity contribution in [3.05, 3.63) is 0 Å². The quantitative estimate of drug-likeness (QED) is 0.0958. The summed E-state index contributed by atoms with van der Waals surface area (Å²) in [6, 6.07) is 0. The Morgan fingerprint density at radius 1 is 0.438 bits per heavy atom. The molecule has 0 bridgehead atoms. The first-order valence-electron chi connectivity index (χ1n) is 13.7. The van der Waals surface area contributed by atoms with Crippen molar-refractivity contribution in [2.24, 2.45) is 0 Å². The summed E-state index contributed by atoms with van der Waals surface area (Å²) in [6.07, 6.45) is 21.4. The van der Waals surface area contributed by atoms with Crippen LogP contribution >= 0.6 is 0 Å². The first-order chi connectivity index (χ1) is 15.8. The molecule has 0 aromatic rings. The highest BCUT2D eigenvalue weighted by molar-refractivity contribution is 5.69. The fraction of sp³-hybridized carbons (Fsp3) is 0.963. The van der Waals surface area contributed by atoms with Crippen molar-refractivity contribution in [2.75, 3.05) is 46.2 Å². The van der Waals surface area contributed by atoms with E-state index in [-0.39, 0.29) is 5.97 Å². The third-order valence-corrected chi connectivity index (χ3v) is 5.61. The van der Waals surface area contributed by atoms with Crippen LogP contribution in [0.5, 0.6) is 0 Å². The van der Waals surface area contributed by atoms with Crippen molar-refractivity contribution in [3.8, 4) is 0 Å². The molecule has 0 N–H and O–H groups in total. The lowest BCUT2D eigenvalue weighted by Crippen LogP contribution is -2.14. The van der Waals surface area contributed by atoms with Crippen LogP contribution in [-0.4, -0.2) is 52.2 Å². The molecule has 0 amide bonds. The fourth-order valence-electron chi connectivity index (χ4n) is 3.57. The maximum atomic E-state index is 11.4. The van der Waals surface area contributed by atoms with E-state index >= 15 is 0 Å². The van der Waals surface area contributed by atoms with Crippen molar-refractivity contribution in [3.63, 3.8) is 0 Å². The van der Waals surface area contributed by atoms with Crippen molar-refractivity contribution in [2.45, 2.75) is 123 Å². The van der Waals surface area contributed by atoms with Gasteiger partial charge in [-0.05, 0) is 12.8 Å². The highest BCUT2D eigenvalue weighted by atomic mass is 16.6. The fourth-order valence-corrected chi connectivity index (χ4v) is 3.57. The second-order valence-corrected chi connectivity index (χ2v) is 8.76. The Balaban J connectivity index is 3.06. The van der Waals surface area contributed by atoms with E-state index in [9.17, 15) is 4.79 Å². The number of hydrogen-bond donors (Lipinski definition) is 0. The SMILES string of the molecule is CCCCCCCCCCCCCCCOCCOCCOCCOC(=O)CCCCC. The maximum Gasteiger partial charge on any atom is 0.305 e. The predicted octanol–water partition coefficient (Wildman–Crippen LogP) is 7.25. The number of carbonyl (C=O) groups excluding carboxylic acids is 1. The van der Waals surface area contributed by atoms with Gasteiger partial charge in [0.2, 0.25) is 0 Å². The number of rotatable bonds is 27. The van der Waals surface area contributed by atoms with Gasteiger partial charge in [0.25, 0.3) is 0 Å². The molecule has 0 aromatic heterocycles. The number of carbonyl (C=O) groups is 1. The molecule has 0 aliphatic carbocycles. The summed E-state index contributed by atoms with van der Waals surface area (Å²) in [5.41, 5.74) is 0. The minimum atomic E-state index is -0.126. The van der Waals surface area contributed by atoms with Gasteiger partial charge in [0, 0.05) is 13.0 Å². The molecular formula is C27H54O5. The molecule has 0 aromatic carbocycles. The Labute approximate surface area is 199 Å². The van der Waals surface area contributed by atoms with E-state index in [4.69, 9.17) is 18.9 Å². The van der Waals surface area contributed by atoms with E-state index < -0.39 is 0 Å². The van der Waals surface area contributed by atoms with Crippen LogP contribution in [-0.2, 0) is 23.7 Å². The zero-order valence-corrected chi connectivity index (χ0v) is 21.5. The third kappa shape index (κ3) is 27.4. The Bertz CT molecular complexity index is 362. The number of hydrogen-bond acceptors (Lipinski definition) is 5. The summed E-state index contributed by atoms with van der Waals surface area (Å²) in [5.74, 6) is -0.126. The van der Waals surface area contributed by atoms with E-state index in [0.717, 1.165) is 32.3 Å². The molecule has 0 unspecified atom stereocenters. The monoisotopic (exact) mass is 458 g/mol. The van der Waals surface area contributed by atoms with Crippen molar-refractivity contribution < 1.29 is 23.7 Å². The largest absolute Gasteiger partial charge is 0.463 e. The zero-order chi connectivity index (χ0) is 23.4. The number of esters is 1. The van der Waals surface area contributed by atoms with Gasteiger partial charge < -0.3 is 18.9 Å². The molecule has 0 radical (unpaired) electrons. The molecule has 0 saturated carbocycles. The second-order valence-electron chi connectivity index (χ2n) is 8.76. The molecule has 5 heteroatoms. The van der Waals surface area contributed by atoms with Crippen LogP contribution in [0.2, 0.25) is 0 Å². The molecule has 0 spiro atoms. The predicted molar refractivity (Wildman–Crippen MR) is 133 cm³/mol. The first-order valence-corrected chi connectivity index (χ1v) is 13.7. The Kier molecular flexibility index (Phi) is 27.8. The average molecular weight is 459 g/mol. The van der Waals surface area contributed by atoms with Gasteiger partial charge in [0.05, 0.1) is 33.0 Å². The summed E-state index contributed by atoms with van der Waals surface area (Å²) in [6.45, 7) is 8.31. The van der Waals surface area contributed by atoms with Gasteiger partial charge in [-0.3, -0.25) is 4.79 Å². The molecule has 5 nitrogen and oxygen atoms in total. The maximum absolute atomic E-state index is 11.4. The summed E-state index contributed by atoms with van der Waals surface area (Å²) >= 11 is 0. The number of unbranched alkanes of at least 4 members (excludes halogenated alkanes) is 14. The third-order valence-electron chi connectivity index (χ3n) is 5.61. The molecule has 0 rings (SSSR count). The minimum Gasteiger partial charge on any atom is -0.463 e. The lowest BCUT2D eigenvalue weighted by atomic mass is 10.0. The summed E-state index contributed by atoms with van der Waals surface area (Å²) in [5, 5.41) is 0. The van der Waals surface area contributed by atoms with Crippen LogP contribution in [0.25, 0.3) is 0 Å². The smallest absolute Gasteiger partial charge is 0.305 e. The molecule has 0 atom stereocenters. The van der Waals surface area contributed by atoms with Gasteiger partial charge in [-0.2, -0.15) is 0 Å². The highest BCUT2D eigenvalue weighted by Crippen LogP contribution is 2.12. The summed E-state index contributed by atoms with van der Waals surface area (Å²) < 4.78 is 21.6. The molecule has 0 aliphatic rings. The first kappa shape index (κ1) is 31.4. The Morgan fingerprint density at radius 3 is 1.31 bits per heavy atom. The topological polar surface area (TPSA) is 54.0 Å². The minimum absolute atomic E-state index is 0.126. The van der Waals surface area contributed by atoms with E-state index in [0.29, 0.717) is 46.1 Å². The van der Waals surface area contributed by atoms with Gasteiger partial charge in [0.15, 0.2) is 0 Å². The summed E-state index contributed by atoms with van der Waals surface area (Å²) in [4.78, 5) is 11.4. The Morgan fingerprint density at radius 2 is 0.812 bits per heavy atom. The average Bonchev–Trinajstić information content (AvgIpc) is 2.79. The van der Waals surface area contributed by atoms with Gasteiger partial charge >= 0.3 is 5.97 Å². The molecule has 192 valence electrons. The second kappa shape index (κ2) is 28.4. The van der Waals surface area contributed by atoms with E-state index in [1.807, 2.05) is 0 Å². The van der Waals surface area contributed by atoms with Crippen LogP contribution in [0.15, 0.2) is 0 Å². The Hall–Kier alpha value is -0.650. The van der Waals surface area contributed by atoms with E-state index in [1.54, 1.807) is 0 Å². The summed E-state index contributed by atoms with van der Waals surface area (Å²) in [7, 11) is 0. The zero-order valence-electron chi connectivity index (χ0n) is 21.5. The van der Waals surface area contributed by atoms with Crippen molar-refractivity contribution >= 4 is 5.97 Å². The lowest BCUT2D eigenvalue weighted by molar-refractivity contribution is -0.145. The van der Waals surface area contributed by atoms with Crippen LogP contribution in [0, 0.1) is 0 Å². The van der Waals surface area contributed by atoms with Crippen LogP contribution in [0.3, 0.4) is 0 Å². The van der Waals surface area contributed by atoms with Crippen molar-refractivity contribution in [1.29, 1.82) is 0 Å². The molecule has 0 saturated heterocycles. The van der Waals surface area contributed by atoms with Gasteiger partial charge in [-0.1, -0.05) is 104 Å². The molecule has 0 fully saturated rings. The standard InChI is InChI=1S/C27H54O5/c1-3-5-7-8-9-10-11-12-13-14-15-16-18-20-29-21-22-30-23-24-31-25-26-32-27(28)19-17-6-4-2/h3-26H2,1-2H3. The molecule has 0 heterocycles. The van der Waals surface area contributed by atoms with Crippen LogP contribution < -0.4 is 0 Å². The van der Waals surface area contributed by atoms with Crippen LogP contribution in [0.4, 0.5) is 0 Å². The normalized spacial score (nSPS) is 11.2. The lowest BCUT2D eigenvalue weighted by Gasteiger charge is -2.08. The number of ether oxygens (including phenoxy) is 4. The van der Waals surface area contributed by atoms with E-state index in [1.165, 1.54) is 77.0 Å². The van der Waals surface area contributed by atoms with Gasteiger partial charge in [0.1, 0.15) is 6.61 Å².